The second-order valence-electron chi connectivity index (χ2n) is 5.45. The molecule has 3 rings (SSSR count). The molecule has 0 aliphatic carbocycles. The van der Waals surface area contributed by atoms with Crippen LogP contribution in [0.2, 0.25) is 0 Å². The Labute approximate surface area is 138 Å². The van der Waals surface area contributed by atoms with Gasteiger partial charge in [0.05, 0.1) is 26.3 Å². The number of nitrogen functional groups attached to an aromatic ring is 1. The third-order valence-electron chi connectivity index (χ3n) is 4.13. The van der Waals surface area contributed by atoms with E-state index in [0.29, 0.717) is 12.2 Å². The van der Waals surface area contributed by atoms with Gasteiger partial charge in [-0.3, -0.25) is 0 Å². The predicted molar refractivity (Wildman–Crippen MR) is 82.5 cm³/mol. The van der Waals surface area contributed by atoms with E-state index in [1.165, 1.54) is 4.90 Å². The number of anilines is 1. The van der Waals surface area contributed by atoms with Crippen molar-refractivity contribution in [2.75, 3.05) is 38.6 Å². The number of quaternary nitrogens is 1. The van der Waals surface area contributed by atoms with Crippen molar-refractivity contribution in [3.63, 3.8) is 0 Å². The second kappa shape index (κ2) is 6.51. The molecular weight excluding hydrogens is 308 g/mol. The molecule has 0 radical (unpaired) electrons. The highest BCUT2D eigenvalue weighted by molar-refractivity contribution is 5.86. The van der Waals surface area contributed by atoms with Gasteiger partial charge < -0.3 is 19.9 Å². The summed E-state index contributed by atoms with van der Waals surface area (Å²) in [6.45, 7) is 4.63. The molecule has 24 heavy (non-hydrogen) atoms. The maximum atomic E-state index is 9.36. The average molecular weight is 323 g/mol. The van der Waals surface area contributed by atoms with Crippen LogP contribution in [0.5, 0.6) is 0 Å². The molecule has 1 aliphatic heterocycles. The standard InChI is InChI=1S/C15H14N8O/c16-7-10-13-15(21-12(9-18)11(8-17)20-13)23(14(10)19)2-1-22-3-5-24-6-4-22/h1-6,19H2/p+1. The lowest BCUT2D eigenvalue weighted by Gasteiger charge is -2.24. The van der Waals surface area contributed by atoms with E-state index >= 15 is 0 Å². The lowest BCUT2D eigenvalue weighted by Crippen LogP contribution is -3.14. The quantitative estimate of drug-likeness (QED) is 0.703. The van der Waals surface area contributed by atoms with Crippen molar-refractivity contribution >= 4 is 17.0 Å². The van der Waals surface area contributed by atoms with Gasteiger partial charge in [0.1, 0.15) is 48.2 Å². The molecule has 1 fully saturated rings. The largest absolute Gasteiger partial charge is 0.384 e. The van der Waals surface area contributed by atoms with E-state index in [1.807, 2.05) is 18.2 Å². The van der Waals surface area contributed by atoms with E-state index in [-0.39, 0.29) is 28.3 Å². The van der Waals surface area contributed by atoms with Crippen LogP contribution >= 0.6 is 0 Å². The zero-order valence-electron chi connectivity index (χ0n) is 12.9. The topological polar surface area (TPSA) is 142 Å². The van der Waals surface area contributed by atoms with E-state index in [4.69, 9.17) is 21.0 Å². The molecule has 0 spiro atoms. The molecule has 0 bridgehead atoms. The van der Waals surface area contributed by atoms with Gasteiger partial charge >= 0.3 is 0 Å². The van der Waals surface area contributed by atoms with Crippen molar-refractivity contribution in [2.24, 2.45) is 0 Å². The third kappa shape index (κ3) is 2.61. The Morgan fingerprint density at radius 3 is 2.38 bits per heavy atom. The molecule has 120 valence electrons. The number of ether oxygens (including phenoxy) is 1. The molecule has 0 unspecified atom stereocenters. The first-order chi connectivity index (χ1) is 11.7. The van der Waals surface area contributed by atoms with Crippen molar-refractivity contribution in [2.45, 2.75) is 6.54 Å². The highest BCUT2D eigenvalue weighted by atomic mass is 16.5. The van der Waals surface area contributed by atoms with Gasteiger partial charge in [-0.05, 0) is 0 Å². The fourth-order valence-electron chi connectivity index (χ4n) is 2.83. The Kier molecular flexibility index (Phi) is 4.26. The van der Waals surface area contributed by atoms with Crippen LogP contribution < -0.4 is 10.6 Å². The van der Waals surface area contributed by atoms with Gasteiger partial charge in [-0.15, -0.1) is 0 Å². The van der Waals surface area contributed by atoms with Gasteiger partial charge in [0.15, 0.2) is 17.0 Å². The molecule has 9 nitrogen and oxygen atoms in total. The molecule has 0 atom stereocenters. The Hall–Kier alpha value is -3.19. The van der Waals surface area contributed by atoms with E-state index < -0.39 is 0 Å². The SMILES string of the molecule is N#Cc1nc2c(C#N)c(N)n(CC[NH+]3CCOCC3)c2nc1C#N. The summed E-state index contributed by atoms with van der Waals surface area (Å²) in [7, 11) is 0. The zero-order chi connectivity index (χ0) is 17.1. The van der Waals surface area contributed by atoms with Crippen molar-refractivity contribution in [1.82, 2.24) is 14.5 Å². The molecule has 3 N–H and O–H groups in total. The van der Waals surface area contributed by atoms with E-state index in [1.54, 1.807) is 4.57 Å². The number of nitrogens with zero attached hydrogens (tertiary/aromatic N) is 6. The maximum Gasteiger partial charge on any atom is 0.179 e. The molecule has 0 amide bonds. The fourth-order valence-corrected chi connectivity index (χ4v) is 2.83. The molecule has 2 aromatic heterocycles. The minimum absolute atomic E-state index is 0.0630. The van der Waals surface area contributed by atoms with Crippen molar-refractivity contribution in [1.29, 1.82) is 15.8 Å². The Morgan fingerprint density at radius 2 is 1.75 bits per heavy atom. The van der Waals surface area contributed by atoms with Crippen molar-refractivity contribution < 1.29 is 9.64 Å². The number of nitrogens with two attached hydrogens (primary N) is 1. The molecule has 1 saturated heterocycles. The first-order valence-corrected chi connectivity index (χ1v) is 7.51. The summed E-state index contributed by atoms with van der Waals surface area (Å²) in [6, 6.07) is 5.71. The van der Waals surface area contributed by atoms with Crippen LogP contribution in [0.15, 0.2) is 0 Å². The van der Waals surface area contributed by atoms with Gasteiger partial charge in [-0.25, -0.2) is 9.97 Å². The van der Waals surface area contributed by atoms with Crippen LogP contribution in [0.4, 0.5) is 5.82 Å². The van der Waals surface area contributed by atoms with E-state index in [9.17, 15) is 5.26 Å². The molecule has 0 saturated carbocycles. The Morgan fingerprint density at radius 1 is 1.08 bits per heavy atom. The Balaban J connectivity index is 2.03. The number of nitrogens with one attached hydrogen (secondary N) is 1. The summed E-state index contributed by atoms with van der Waals surface area (Å²) < 4.78 is 7.04. The molecule has 1 aliphatic rings. The lowest BCUT2D eigenvalue weighted by molar-refractivity contribution is -0.908. The molecule has 3 heterocycles. The van der Waals surface area contributed by atoms with Crippen LogP contribution in [0.1, 0.15) is 17.0 Å². The summed E-state index contributed by atoms with van der Waals surface area (Å²) in [5, 5.41) is 27.6. The van der Waals surface area contributed by atoms with Crippen molar-refractivity contribution in [3.8, 4) is 18.2 Å². The number of rotatable bonds is 3. The molecule has 2 aromatic rings. The zero-order valence-corrected chi connectivity index (χ0v) is 12.9. The number of nitriles is 3. The van der Waals surface area contributed by atoms with Crippen molar-refractivity contribution in [3.05, 3.63) is 17.0 Å². The van der Waals surface area contributed by atoms with Crippen LogP contribution in [0, 0.1) is 34.0 Å². The first-order valence-electron chi connectivity index (χ1n) is 7.51. The van der Waals surface area contributed by atoms with Gasteiger partial charge in [0.2, 0.25) is 0 Å². The summed E-state index contributed by atoms with van der Waals surface area (Å²) in [4.78, 5) is 9.70. The maximum absolute atomic E-state index is 9.36. The van der Waals surface area contributed by atoms with Gasteiger partial charge in [-0.2, -0.15) is 15.8 Å². The minimum Gasteiger partial charge on any atom is -0.384 e. The van der Waals surface area contributed by atoms with E-state index in [0.717, 1.165) is 32.8 Å². The van der Waals surface area contributed by atoms with Crippen LogP contribution in [-0.2, 0) is 11.3 Å². The average Bonchev–Trinajstić information content (AvgIpc) is 2.89. The van der Waals surface area contributed by atoms with Crippen LogP contribution in [0.3, 0.4) is 0 Å². The van der Waals surface area contributed by atoms with Crippen LogP contribution in [0.25, 0.3) is 11.2 Å². The monoisotopic (exact) mass is 323 g/mol. The molecular formula is C15H15N8O+. The highest BCUT2D eigenvalue weighted by Gasteiger charge is 2.22. The second-order valence-corrected chi connectivity index (χ2v) is 5.45. The van der Waals surface area contributed by atoms with Gasteiger partial charge in [0.25, 0.3) is 0 Å². The smallest absolute Gasteiger partial charge is 0.179 e. The summed E-state index contributed by atoms with van der Waals surface area (Å²) in [5.41, 5.74) is 6.75. The lowest BCUT2D eigenvalue weighted by atomic mass is 10.3. The Bertz CT molecular complexity index is 905. The number of morpholine rings is 1. The van der Waals surface area contributed by atoms with Crippen LogP contribution in [-0.4, -0.2) is 47.4 Å². The summed E-state index contributed by atoms with van der Waals surface area (Å²) >= 11 is 0. The molecule has 9 heteroatoms. The summed E-state index contributed by atoms with van der Waals surface area (Å²) in [5.74, 6) is 0.263. The number of fused-ring (bicyclic) bond motifs is 1. The van der Waals surface area contributed by atoms with Gasteiger partial charge in [-0.1, -0.05) is 0 Å². The van der Waals surface area contributed by atoms with E-state index in [2.05, 4.69) is 9.97 Å². The summed E-state index contributed by atoms with van der Waals surface area (Å²) in [6.07, 6.45) is 0. The fraction of sp³-hybridized carbons (Fsp3) is 0.400. The number of aromatic nitrogens is 3. The minimum atomic E-state index is -0.0996. The number of hydrogen-bond donors (Lipinski definition) is 2. The predicted octanol–water partition coefficient (Wildman–Crippen LogP) is -1.46. The third-order valence-corrected chi connectivity index (χ3v) is 4.13. The normalized spacial score (nSPS) is 14.9. The highest BCUT2D eigenvalue weighted by Crippen LogP contribution is 2.25. The molecule has 0 aromatic carbocycles. The first kappa shape index (κ1) is 15.7. The van der Waals surface area contributed by atoms with Gasteiger partial charge in [0, 0.05) is 0 Å². The number of hydrogen-bond acceptors (Lipinski definition) is 7.